The van der Waals surface area contributed by atoms with E-state index < -0.39 is 17.6 Å². The number of carbonyl (C=O) groups excluding carboxylic acids is 1. The van der Waals surface area contributed by atoms with Gasteiger partial charge in [-0.15, -0.1) is 16.8 Å². The number of benzene rings is 2. The summed E-state index contributed by atoms with van der Waals surface area (Å²) in [6.45, 7) is 4.13. The molecule has 0 aliphatic rings. The second kappa shape index (κ2) is 10.4. The number of anilines is 1. The lowest BCUT2D eigenvalue weighted by molar-refractivity contribution is -0.137. The lowest BCUT2D eigenvalue weighted by Crippen LogP contribution is -2.15. The summed E-state index contributed by atoms with van der Waals surface area (Å²) in [6, 6.07) is 9.78. The van der Waals surface area contributed by atoms with E-state index in [1.165, 1.54) is 26.4 Å². The first-order valence-corrected chi connectivity index (χ1v) is 10.6. The molecule has 0 unspecified atom stereocenters. The second-order valence-corrected chi connectivity index (χ2v) is 7.63. The Morgan fingerprint density at radius 3 is 2.58 bits per heavy atom. The number of aromatic nitrogens is 3. The predicted molar refractivity (Wildman–Crippen MR) is 120 cm³/mol. The maximum Gasteiger partial charge on any atom is 0.416 e. The number of methoxy groups -OCH3 is 2. The Kier molecular flexibility index (Phi) is 7.64. The third-order valence-electron chi connectivity index (χ3n) is 4.48. The van der Waals surface area contributed by atoms with Gasteiger partial charge >= 0.3 is 6.18 Å². The van der Waals surface area contributed by atoms with Crippen LogP contribution in [-0.4, -0.2) is 40.6 Å². The predicted octanol–water partition coefficient (Wildman–Crippen LogP) is 4.90. The molecule has 0 atom stereocenters. The molecule has 0 aliphatic carbocycles. The first-order valence-electron chi connectivity index (χ1n) is 9.63. The quantitative estimate of drug-likeness (QED) is 0.348. The summed E-state index contributed by atoms with van der Waals surface area (Å²) < 4.78 is 51.0. The third-order valence-corrected chi connectivity index (χ3v) is 5.44. The summed E-state index contributed by atoms with van der Waals surface area (Å²) in [5.74, 6) is 1.09. The van der Waals surface area contributed by atoms with Gasteiger partial charge in [-0.3, -0.25) is 9.36 Å². The zero-order valence-electron chi connectivity index (χ0n) is 17.8. The van der Waals surface area contributed by atoms with Crippen LogP contribution in [0.3, 0.4) is 0 Å². The number of ether oxygens (including phenoxy) is 2. The molecule has 33 heavy (non-hydrogen) atoms. The molecule has 0 saturated carbocycles. The van der Waals surface area contributed by atoms with Crippen molar-refractivity contribution in [3.05, 3.63) is 60.7 Å². The standard InChI is InChI=1S/C22H21F3N4O3S/c1-4-10-29-20(14-8-9-17(31-2)18(11-14)32-3)27-28-21(29)33-13-19(30)26-16-7-5-6-15(12-16)22(23,24)25/h4-9,11-12H,1,10,13H2,2-3H3,(H,26,30). The number of hydrogen-bond donors (Lipinski definition) is 1. The molecule has 0 radical (unpaired) electrons. The minimum absolute atomic E-state index is 0.0639. The van der Waals surface area contributed by atoms with Crippen LogP contribution in [0.2, 0.25) is 0 Å². The number of amides is 1. The fourth-order valence-electron chi connectivity index (χ4n) is 2.98. The zero-order chi connectivity index (χ0) is 24.0. The summed E-state index contributed by atoms with van der Waals surface area (Å²) in [5, 5.41) is 11.3. The first kappa shape index (κ1) is 24.2. The van der Waals surface area contributed by atoms with Gasteiger partial charge in [0.2, 0.25) is 5.91 Å². The Balaban J connectivity index is 1.75. The van der Waals surface area contributed by atoms with E-state index in [9.17, 15) is 18.0 Å². The van der Waals surface area contributed by atoms with Crippen LogP contribution in [0.5, 0.6) is 11.5 Å². The van der Waals surface area contributed by atoms with E-state index in [0.717, 1.165) is 29.5 Å². The molecule has 0 aliphatic heterocycles. The van der Waals surface area contributed by atoms with Gasteiger partial charge in [-0.2, -0.15) is 13.2 Å². The first-order chi connectivity index (χ1) is 15.8. The van der Waals surface area contributed by atoms with Gasteiger partial charge in [-0.25, -0.2) is 0 Å². The smallest absolute Gasteiger partial charge is 0.416 e. The Morgan fingerprint density at radius 1 is 1.15 bits per heavy atom. The highest BCUT2D eigenvalue weighted by Gasteiger charge is 2.30. The van der Waals surface area contributed by atoms with Crippen molar-refractivity contribution < 1.29 is 27.4 Å². The van der Waals surface area contributed by atoms with Gasteiger partial charge in [0.15, 0.2) is 22.5 Å². The second-order valence-electron chi connectivity index (χ2n) is 6.69. The van der Waals surface area contributed by atoms with Gasteiger partial charge in [-0.1, -0.05) is 23.9 Å². The number of carbonyl (C=O) groups is 1. The van der Waals surface area contributed by atoms with Gasteiger partial charge in [0.1, 0.15) is 0 Å². The maximum atomic E-state index is 12.9. The van der Waals surface area contributed by atoms with Crippen molar-refractivity contribution in [2.24, 2.45) is 0 Å². The average Bonchev–Trinajstić information content (AvgIpc) is 3.19. The van der Waals surface area contributed by atoms with Crippen LogP contribution in [0.1, 0.15) is 5.56 Å². The monoisotopic (exact) mass is 478 g/mol. The van der Waals surface area contributed by atoms with E-state index in [1.807, 2.05) is 0 Å². The normalized spacial score (nSPS) is 11.2. The molecular weight excluding hydrogens is 457 g/mol. The molecular formula is C22H21F3N4O3S. The van der Waals surface area contributed by atoms with Crippen LogP contribution < -0.4 is 14.8 Å². The molecule has 1 aromatic heterocycles. The van der Waals surface area contributed by atoms with E-state index in [4.69, 9.17) is 9.47 Å². The number of thioether (sulfide) groups is 1. The number of nitrogens with zero attached hydrogens (tertiary/aromatic N) is 3. The number of hydrogen-bond acceptors (Lipinski definition) is 6. The summed E-state index contributed by atoms with van der Waals surface area (Å²) in [4.78, 5) is 12.3. The molecule has 7 nitrogen and oxygen atoms in total. The molecule has 1 amide bonds. The number of alkyl halides is 3. The van der Waals surface area contributed by atoms with Crippen LogP contribution in [0.15, 0.2) is 60.3 Å². The highest BCUT2D eigenvalue weighted by molar-refractivity contribution is 7.99. The number of allylic oxidation sites excluding steroid dienone is 1. The summed E-state index contributed by atoms with van der Waals surface area (Å²) in [6.07, 6.45) is -2.82. The van der Waals surface area contributed by atoms with Gasteiger partial charge in [0.25, 0.3) is 0 Å². The van der Waals surface area contributed by atoms with Crippen molar-refractivity contribution >= 4 is 23.4 Å². The topological polar surface area (TPSA) is 78.3 Å². The lowest BCUT2D eigenvalue weighted by Gasteiger charge is -2.11. The van der Waals surface area contributed by atoms with Crippen molar-refractivity contribution in [2.45, 2.75) is 17.9 Å². The molecule has 1 N–H and O–H groups in total. The Hall–Kier alpha value is -3.47. The van der Waals surface area contributed by atoms with Crippen molar-refractivity contribution in [3.8, 4) is 22.9 Å². The SMILES string of the molecule is C=CCn1c(SCC(=O)Nc2cccc(C(F)(F)F)c2)nnc1-c1ccc(OC)c(OC)c1. The lowest BCUT2D eigenvalue weighted by atomic mass is 10.2. The molecule has 0 bridgehead atoms. The molecule has 0 saturated heterocycles. The average molecular weight is 478 g/mol. The number of nitrogens with one attached hydrogen (secondary N) is 1. The highest BCUT2D eigenvalue weighted by atomic mass is 32.2. The molecule has 174 valence electrons. The van der Waals surface area contributed by atoms with Crippen LogP contribution in [-0.2, 0) is 17.5 Å². The van der Waals surface area contributed by atoms with Crippen LogP contribution in [0, 0.1) is 0 Å². The molecule has 11 heteroatoms. The van der Waals surface area contributed by atoms with Crippen molar-refractivity contribution in [3.63, 3.8) is 0 Å². The van der Waals surface area contributed by atoms with Crippen LogP contribution >= 0.6 is 11.8 Å². The molecule has 1 heterocycles. The highest BCUT2D eigenvalue weighted by Crippen LogP contribution is 2.33. The van der Waals surface area contributed by atoms with Crippen LogP contribution in [0.25, 0.3) is 11.4 Å². The van der Waals surface area contributed by atoms with Gasteiger partial charge in [0, 0.05) is 17.8 Å². The fraction of sp³-hybridized carbons (Fsp3) is 0.227. The van der Waals surface area contributed by atoms with Crippen molar-refractivity contribution in [1.29, 1.82) is 0 Å². The number of halogens is 3. The summed E-state index contributed by atoms with van der Waals surface area (Å²) >= 11 is 1.11. The molecule has 3 aromatic rings. The van der Waals surface area contributed by atoms with E-state index >= 15 is 0 Å². The van der Waals surface area contributed by atoms with E-state index in [0.29, 0.717) is 29.0 Å². The Labute approximate surface area is 192 Å². The molecule has 2 aromatic carbocycles. The van der Waals surface area contributed by atoms with Crippen molar-refractivity contribution in [2.75, 3.05) is 25.3 Å². The molecule has 0 spiro atoms. The minimum atomic E-state index is -4.49. The molecule has 3 rings (SSSR count). The van der Waals surface area contributed by atoms with Crippen LogP contribution in [0.4, 0.5) is 18.9 Å². The van der Waals surface area contributed by atoms with Crippen molar-refractivity contribution in [1.82, 2.24) is 14.8 Å². The number of rotatable bonds is 9. The maximum absolute atomic E-state index is 12.9. The van der Waals surface area contributed by atoms with Gasteiger partial charge < -0.3 is 14.8 Å². The minimum Gasteiger partial charge on any atom is -0.493 e. The Morgan fingerprint density at radius 2 is 1.91 bits per heavy atom. The van der Waals surface area contributed by atoms with Gasteiger partial charge in [0.05, 0.1) is 25.5 Å². The summed E-state index contributed by atoms with van der Waals surface area (Å²) in [7, 11) is 3.07. The van der Waals surface area contributed by atoms with E-state index in [-0.39, 0.29) is 11.4 Å². The molecule has 0 fully saturated rings. The summed E-state index contributed by atoms with van der Waals surface area (Å²) in [5.41, 5.74) is -0.0468. The largest absolute Gasteiger partial charge is 0.493 e. The van der Waals surface area contributed by atoms with E-state index in [2.05, 4.69) is 22.1 Å². The zero-order valence-corrected chi connectivity index (χ0v) is 18.7. The third kappa shape index (κ3) is 5.86. The van der Waals surface area contributed by atoms with Gasteiger partial charge in [-0.05, 0) is 36.4 Å². The Bertz CT molecular complexity index is 1150. The van der Waals surface area contributed by atoms with E-state index in [1.54, 1.807) is 28.8 Å². The fourth-order valence-corrected chi connectivity index (χ4v) is 3.73.